The summed E-state index contributed by atoms with van der Waals surface area (Å²) in [5, 5.41) is 2.68. The van der Waals surface area contributed by atoms with Crippen molar-refractivity contribution in [2.24, 2.45) is 0 Å². The molecular weight excluding hydrogens is 263 g/mol. The van der Waals surface area contributed by atoms with E-state index in [2.05, 4.69) is 5.32 Å². The van der Waals surface area contributed by atoms with Crippen LogP contribution in [-0.4, -0.2) is 5.91 Å². The lowest BCUT2D eigenvalue weighted by Gasteiger charge is -2.07. The van der Waals surface area contributed by atoms with Gasteiger partial charge >= 0.3 is 0 Å². The third kappa shape index (κ3) is 3.72. The Morgan fingerprint density at radius 1 is 1.21 bits per heavy atom. The van der Waals surface area contributed by atoms with Gasteiger partial charge < -0.3 is 11.1 Å². The van der Waals surface area contributed by atoms with E-state index in [9.17, 15) is 9.18 Å². The topological polar surface area (TPSA) is 55.1 Å². The number of hydrogen-bond acceptors (Lipinski definition) is 3. The highest BCUT2D eigenvalue weighted by Gasteiger charge is 2.04. The molecule has 0 aromatic heterocycles. The van der Waals surface area contributed by atoms with Crippen molar-refractivity contribution in [3.8, 4) is 0 Å². The summed E-state index contributed by atoms with van der Waals surface area (Å²) in [5.41, 5.74) is 7.05. The van der Waals surface area contributed by atoms with Gasteiger partial charge in [0.15, 0.2) is 0 Å². The first-order valence-electron chi connectivity index (χ1n) is 5.65. The normalized spacial score (nSPS) is 10.2. The summed E-state index contributed by atoms with van der Waals surface area (Å²) in [7, 11) is 0. The number of rotatable bonds is 3. The highest BCUT2D eigenvalue weighted by Crippen LogP contribution is 2.33. The molecule has 0 radical (unpaired) electrons. The van der Waals surface area contributed by atoms with Crippen LogP contribution >= 0.6 is 11.8 Å². The summed E-state index contributed by atoms with van der Waals surface area (Å²) in [5.74, 6) is -0.429. The van der Waals surface area contributed by atoms with Gasteiger partial charge in [0.05, 0.1) is 0 Å². The fraction of sp³-hybridized carbons (Fsp3) is 0.0714. The average molecular weight is 276 g/mol. The summed E-state index contributed by atoms with van der Waals surface area (Å²) >= 11 is 1.38. The van der Waals surface area contributed by atoms with Crippen LogP contribution in [0, 0.1) is 5.82 Å². The highest BCUT2D eigenvalue weighted by atomic mass is 32.2. The molecule has 0 atom stereocenters. The van der Waals surface area contributed by atoms with Crippen molar-refractivity contribution >= 4 is 29.0 Å². The van der Waals surface area contributed by atoms with Crippen molar-refractivity contribution in [3.63, 3.8) is 0 Å². The maximum absolute atomic E-state index is 13.1. The number of amides is 1. The van der Waals surface area contributed by atoms with Gasteiger partial charge in [-0.2, -0.15) is 0 Å². The van der Waals surface area contributed by atoms with Crippen LogP contribution in [0.4, 0.5) is 15.8 Å². The lowest BCUT2D eigenvalue weighted by atomic mass is 10.3. The van der Waals surface area contributed by atoms with E-state index in [-0.39, 0.29) is 11.7 Å². The lowest BCUT2D eigenvalue weighted by Crippen LogP contribution is -2.05. The van der Waals surface area contributed by atoms with Crippen LogP contribution in [0.2, 0.25) is 0 Å². The Hall–Kier alpha value is -2.01. The summed E-state index contributed by atoms with van der Waals surface area (Å²) in [4.78, 5) is 12.5. The summed E-state index contributed by atoms with van der Waals surface area (Å²) in [6.45, 7) is 1.45. The van der Waals surface area contributed by atoms with Crippen LogP contribution in [0.3, 0.4) is 0 Å². The Morgan fingerprint density at radius 2 is 1.89 bits per heavy atom. The molecule has 3 N–H and O–H groups in total. The Bertz CT molecular complexity index is 599. The molecule has 0 bridgehead atoms. The molecule has 2 rings (SSSR count). The van der Waals surface area contributed by atoms with Gasteiger partial charge in [-0.25, -0.2) is 4.39 Å². The molecule has 3 nitrogen and oxygen atoms in total. The van der Waals surface area contributed by atoms with Crippen molar-refractivity contribution in [2.45, 2.75) is 16.7 Å². The SMILES string of the molecule is CC(=O)Nc1ccc(Sc2cc(F)ccc2N)cc1. The zero-order chi connectivity index (χ0) is 13.8. The standard InChI is InChI=1S/C14H13FN2OS/c1-9(18)17-11-3-5-12(6-4-11)19-14-8-10(15)2-7-13(14)16/h2-8H,16H2,1H3,(H,17,18). The highest BCUT2D eigenvalue weighted by molar-refractivity contribution is 7.99. The van der Waals surface area contributed by atoms with Gasteiger partial charge in [-0.3, -0.25) is 4.79 Å². The predicted octanol–water partition coefficient (Wildman–Crippen LogP) is 3.52. The minimum Gasteiger partial charge on any atom is -0.398 e. The molecule has 0 saturated carbocycles. The van der Waals surface area contributed by atoms with Crippen molar-refractivity contribution < 1.29 is 9.18 Å². The molecular formula is C14H13FN2OS. The van der Waals surface area contributed by atoms with Crippen molar-refractivity contribution in [2.75, 3.05) is 11.1 Å². The van der Waals surface area contributed by atoms with E-state index < -0.39 is 0 Å². The van der Waals surface area contributed by atoms with Crippen LogP contribution in [0.15, 0.2) is 52.3 Å². The summed E-state index contributed by atoms with van der Waals surface area (Å²) < 4.78 is 13.1. The largest absolute Gasteiger partial charge is 0.398 e. The number of nitrogens with two attached hydrogens (primary N) is 1. The van der Waals surface area contributed by atoms with Crippen LogP contribution in [-0.2, 0) is 4.79 Å². The van der Waals surface area contributed by atoms with Gasteiger partial charge in [0.25, 0.3) is 0 Å². The van der Waals surface area contributed by atoms with Crippen LogP contribution < -0.4 is 11.1 Å². The van der Waals surface area contributed by atoms with Crippen LogP contribution in [0.5, 0.6) is 0 Å². The van der Waals surface area contributed by atoms with E-state index in [0.717, 1.165) is 10.6 Å². The van der Waals surface area contributed by atoms with Gasteiger partial charge in [-0.15, -0.1) is 0 Å². The molecule has 0 unspecified atom stereocenters. The molecule has 19 heavy (non-hydrogen) atoms. The fourth-order valence-corrected chi connectivity index (χ4v) is 2.42. The Morgan fingerprint density at radius 3 is 2.53 bits per heavy atom. The molecule has 0 spiro atoms. The molecule has 0 aliphatic heterocycles. The molecule has 1 amide bonds. The van der Waals surface area contributed by atoms with Gasteiger partial charge in [-0.1, -0.05) is 11.8 Å². The van der Waals surface area contributed by atoms with Gasteiger partial charge in [0, 0.05) is 28.1 Å². The first-order valence-corrected chi connectivity index (χ1v) is 6.47. The van der Waals surface area contributed by atoms with Crippen molar-refractivity contribution in [3.05, 3.63) is 48.3 Å². The first kappa shape index (κ1) is 13.4. The van der Waals surface area contributed by atoms with Crippen molar-refractivity contribution in [1.82, 2.24) is 0 Å². The molecule has 2 aromatic carbocycles. The number of carbonyl (C=O) groups excluding carboxylic acids is 1. The van der Waals surface area contributed by atoms with E-state index >= 15 is 0 Å². The van der Waals surface area contributed by atoms with E-state index in [1.807, 2.05) is 12.1 Å². The number of nitrogen functional groups attached to an aromatic ring is 1. The first-order chi connectivity index (χ1) is 9.04. The quantitative estimate of drug-likeness (QED) is 0.843. The molecule has 0 aliphatic carbocycles. The predicted molar refractivity (Wildman–Crippen MR) is 75.7 cm³/mol. The van der Waals surface area contributed by atoms with E-state index in [1.165, 1.54) is 30.8 Å². The maximum Gasteiger partial charge on any atom is 0.221 e. The monoisotopic (exact) mass is 276 g/mol. The number of nitrogens with one attached hydrogen (secondary N) is 1. The number of hydrogen-bond donors (Lipinski definition) is 2. The zero-order valence-corrected chi connectivity index (χ0v) is 11.1. The maximum atomic E-state index is 13.1. The third-order valence-electron chi connectivity index (χ3n) is 2.38. The zero-order valence-electron chi connectivity index (χ0n) is 10.3. The summed E-state index contributed by atoms with van der Waals surface area (Å²) in [6, 6.07) is 11.6. The second kappa shape index (κ2) is 5.75. The summed E-state index contributed by atoms with van der Waals surface area (Å²) in [6.07, 6.45) is 0. The Balaban J connectivity index is 2.15. The number of benzene rings is 2. The third-order valence-corrected chi connectivity index (χ3v) is 3.46. The van der Waals surface area contributed by atoms with Gasteiger partial charge in [-0.05, 0) is 42.5 Å². The van der Waals surface area contributed by atoms with Gasteiger partial charge in [0.2, 0.25) is 5.91 Å². The lowest BCUT2D eigenvalue weighted by molar-refractivity contribution is -0.114. The van der Waals surface area contributed by atoms with E-state index in [0.29, 0.717) is 10.6 Å². The Labute approximate surface area is 115 Å². The number of carbonyl (C=O) groups is 1. The molecule has 0 fully saturated rings. The van der Waals surface area contributed by atoms with Crippen LogP contribution in [0.1, 0.15) is 6.92 Å². The molecule has 0 saturated heterocycles. The minimum absolute atomic E-state index is 0.116. The average Bonchev–Trinajstić information content (AvgIpc) is 2.35. The Kier molecular flexibility index (Phi) is 4.06. The number of halogens is 1. The van der Waals surface area contributed by atoms with E-state index in [4.69, 9.17) is 5.73 Å². The second-order valence-electron chi connectivity index (χ2n) is 3.99. The molecule has 0 aliphatic rings. The second-order valence-corrected chi connectivity index (χ2v) is 5.11. The number of anilines is 2. The fourth-order valence-electron chi connectivity index (χ4n) is 1.53. The molecule has 2 aromatic rings. The smallest absolute Gasteiger partial charge is 0.221 e. The van der Waals surface area contributed by atoms with Crippen molar-refractivity contribution in [1.29, 1.82) is 0 Å². The molecule has 5 heteroatoms. The molecule has 0 heterocycles. The van der Waals surface area contributed by atoms with E-state index in [1.54, 1.807) is 18.2 Å². The van der Waals surface area contributed by atoms with Gasteiger partial charge in [0.1, 0.15) is 5.82 Å². The minimum atomic E-state index is -0.313. The van der Waals surface area contributed by atoms with Crippen LogP contribution in [0.25, 0.3) is 0 Å². The molecule has 98 valence electrons.